The van der Waals surface area contributed by atoms with E-state index >= 15 is 0 Å². The van der Waals surface area contributed by atoms with E-state index in [1.807, 2.05) is 0 Å². The highest BCUT2D eigenvalue weighted by Crippen LogP contribution is 2.29. The van der Waals surface area contributed by atoms with Crippen LogP contribution in [-0.2, 0) is 0 Å². The number of terminal acetylenes is 1. The minimum Gasteiger partial charge on any atom is -0.327 e. The van der Waals surface area contributed by atoms with Crippen LogP contribution in [0.4, 0.5) is 0 Å². The molecule has 0 aliphatic heterocycles. The number of hydrogen-bond donors (Lipinski definition) is 0. The molecule has 0 radical (unpaired) electrons. The van der Waals surface area contributed by atoms with E-state index in [9.17, 15) is 0 Å². The maximum Gasteiger partial charge on any atom is 0.0374 e. The van der Waals surface area contributed by atoms with E-state index in [4.69, 9.17) is 6.42 Å². The molecule has 2 aliphatic carbocycles. The minimum absolute atomic E-state index is 0.701. The van der Waals surface area contributed by atoms with Crippen molar-refractivity contribution in [2.75, 3.05) is 0 Å². The molecule has 2 saturated carbocycles. The van der Waals surface area contributed by atoms with Crippen LogP contribution in [0.1, 0.15) is 64.2 Å². The van der Waals surface area contributed by atoms with Crippen molar-refractivity contribution in [1.29, 1.82) is 0 Å². The summed E-state index contributed by atoms with van der Waals surface area (Å²) in [6, 6.07) is 4.38. The summed E-state index contributed by atoms with van der Waals surface area (Å²) < 4.78 is 0. The zero-order valence-electron chi connectivity index (χ0n) is 9.75. The molecule has 0 N–H and O–H groups in total. The van der Waals surface area contributed by atoms with Crippen LogP contribution in [0.3, 0.4) is 0 Å². The van der Waals surface area contributed by atoms with E-state index in [0.29, 0.717) is 12.1 Å². The summed E-state index contributed by atoms with van der Waals surface area (Å²) >= 11 is 0. The van der Waals surface area contributed by atoms with Crippen molar-refractivity contribution in [3.8, 4) is 12.5 Å². The lowest BCUT2D eigenvalue weighted by atomic mass is 9.89. The van der Waals surface area contributed by atoms with Crippen molar-refractivity contribution in [3.63, 3.8) is 0 Å². The van der Waals surface area contributed by atoms with Crippen molar-refractivity contribution in [2.24, 2.45) is 0 Å². The molecule has 0 atom stereocenters. The Morgan fingerprint density at radius 2 is 1.13 bits per heavy atom. The van der Waals surface area contributed by atoms with Crippen LogP contribution < -0.4 is 0 Å². The Morgan fingerprint density at radius 1 is 0.733 bits per heavy atom. The summed E-state index contributed by atoms with van der Waals surface area (Å²) in [5.41, 5.74) is 0. The Morgan fingerprint density at radius 3 is 1.47 bits per heavy atom. The molecule has 0 amide bonds. The molecular formula is C14H23N. The fourth-order valence-electron chi connectivity index (χ4n) is 3.23. The normalized spacial score (nSPS) is 24.7. The van der Waals surface area contributed by atoms with Gasteiger partial charge in [0.2, 0.25) is 0 Å². The summed E-state index contributed by atoms with van der Waals surface area (Å²) in [4.78, 5) is 2.37. The van der Waals surface area contributed by atoms with Crippen LogP contribution in [0.5, 0.6) is 0 Å². The molecule has 0 saturated heterocycles. The Balaban J connectivity index is 1.92. The van der Waals surface area contributed by atoms with Crippen molar-refractivity contribution in [1.82, 2.24) is 4.90 Å². The third-order valence-electron chi connectivity index (χ3n) is 4.09. The molecule has 2 aliphatic rings. The number of rotatable bonds is 2. The predicted octanol–water partition coefficient (Wildman–Crippen LogP) is 3.54. The Labute approximate surface area is 94.2 Å². The molecule has 1 nitrogen and oxygen atoms in total. The first kappa shape index (κ1) is 10.9. The maximum absolute atomic E-state index is 5.71. The van der Waals surface area contributed by atoms with Gasteiger partial charge in [0.15, 0.2) is 0 Å². The fraction of sp³-hybridized carbons (Fsp3) is 0.857. The Bertz CT molecular complexity index is 198. The van der Waals surface area contributed by atoms with E-state index in [-0.39, 0.29) is 0 Å². The van der Waals surface area contributed by atoms with Gasteiger partial charge in [0.25, 0.3) is 0 Å². The summed E-state index contributed by atoms with van der Waals surface area (Å²) in [5.74, 6) is 0. The molecule has 0 heterocycles. The third-order valence-corrected chi connectivity index (χ3v) is 4.09. The summed E-state index contributed by atoms with van der Waals surface area (Å²) in [6.07, 6.45) is 19.4. The van der Waals surface area contributed by atoms with Gasteiger partial charge in [0.05, 0.1) is 0 Å². The number of hydrogen-bond acceptors (Lipinski definition) is 1. The van der Waals surface area contributed by atoms with Crippen molar-refractivity contribution in [3.05, 3.63) is 0 Å². The highest BCUT2D eigenvalue weighted by Gasteiger charge is 2.26. The molecule has 1 heteroatoms. The molecule has 0 aromatic rings. The summed E-state index contributed by atoms with van der Waals surface area (Å²) in [5, 5.41) is 0. The highest BCUT2D eigenvalue weighted by atomic mass is 15.2. The van der Waals surface area contributed by atoms with Crippen LogP contribution in [0, 0.1) is 12.5 Å². The largest absolute Gasteiger partial charge is 0.327 e. The Hall–Kier alpha value is -0.640. The molecular weight excluding hydrogens is 182 g/mol. The first-order valence-electron chi connectivity index (χ1n) is 6.66. The molecule has 84 valence electrons. The average molecular weight is 205 g/mol. The van der Waals surface area contributed by atoms with Gasteiger partial charge in [-0.1, -0.05) is 44.9 Å². The first-order valence-corrected chi connectivity index (χ1v) is 6.66. The molecule has 0 unspecified atom stereocenters. The predicted molar refractivity (Wildman–Crippen MR) is 64.4 cm³/mol. The average Bonchev–Trinajstić information content (AvgIpc) is 2.33. The molecule has 2 fully saturated rings. The second kappa shape index (κ2) is 5.45. The highest BCUT2D eigenvalue weighted by molar-refractivity contribution is 4.96. The van der Waals surface area contributed by atoms with Gasteiger partial charge in [0, 0.05) is 18.1 Å². The van der Waals surface area contributed by atoms with Gasteiger partial charge in [-0.05, 0) is 25.7 Å². The summed E-state index contributed by atoms with van der Waals surface area (Å²) in [7, 11) is 0. The summed E-state index contributed by atoms with van der Waals surface area (Å²) in [6.45, 7) is 0. The monoisotopic (exact) mass is 205 g/mol. The second-order valence-corrected chi connectivity index (χ2v) is 5.12. The zero-order valence-corrected chi connectivity index (χ0v) is 9.75. The van der Waals surface area contributed by atoms with Gasteiger partial charge < -0.3 is 4.90 Å². The van der Waals surface area contributed by atoms with Crippen molar-refractivity contribution >= 4 is 0 Å². The molecule has 0 spiro atoms. The lowest BCUT2D eigenvalue weighted by molar-refractivity contribution is 0.146. The van der Waals surface area contributed by atoms with E-state index in [2.05, 4.69) is 10.9 Å². The molecule has 0 aromatic heterocycles. The topological polar surface area (TPSA) is 3.24 Å². The van der Waals surface area contributed by atoms with Gasteiger partial charge in [-0.15, -0.1) is 0 Å². The van der Waals surface area contributed by atoms with Gasteiger partial charge in [-0.25, -0.2) is 0 Å². The molecule has 0 bridgehead atoms. The van der Waals surface area contributed by atoms with Crippen molar-refractivity contribution in [2.45, 2.75) is 76.3 Å². The van der Waals surface area contributed by atoms with Gasteiger partial charge in [-0.3, -0.25) is 0 Å². The Kier molecular flexibility index (Phi) is 3.94. The van der Waals surface area contributed by atoms with E-state index < -0.39 is 0 Å². The standard InChI is InChI=1S/C14H23N/c1-2-15(13-9-5-3-6-10-13)14-11-7-4-8-12-14/h1,13-14H,3-12H2. The lowest BCUT2D eigenvalue weighted by Gasteiger charge is -2.39. The maximum atomic E-state index is 5.71. The quantitative estimate of drug-likeness (QED) is 0.492. The smallest absolute Gasteiger partial charge is 0.0374 e. The van der Waals surface area contributed by atoms with Crippen LogP contribution in [0.15, 0.2) is 0 Å². The zero-order chi connectivity index (χ0) is 10.5. The number of nitrogens with zero attached hydrogens (tertiary/aromatic N) is 1. The van der Waals surface area contributed by atoms with Gasteiger partial charge >= 0.3 is 0 Å². The van der Waals surface area contributed by atoms with Crippen LogP contribution in [0.25, 0.3) is 0 Å². The van der Waals surface area contributed by atoms with E-state index in [1.165, 1.54) is 64.2 Å². The van der Waals surface area contributed by atoms with Gasteiger partial charge in [0.1, 0.15) is 0 Å². The van der Waals surface area contributed by atoms with Crippen LogP contribution in [-0.4, -0.2) is 17.0 Å². The minimum atomic E-state index is 0.701. The SMILES string of the molecule is C#CN(C1CCCCC1)C1CCCCC1. The molecule has 15 heavy (non-hydrogen) atoms. The fourth-order valence-corrected chi connectivity index (χ4v) is 3.23. The van der Waals surface area contributed by atoms with Crippen molar-refractivity contribution < 1.29 is 0 Å². The second-order valence-electron chi connectivity index (χ2n) is 5.12. The van der Waals surface area contributed by atoms with Crippen LogP contribution >= 0.6 is 0 Å². The molecule has 2 rings (SSSR count). The van der Waals surface area contributed by atoms with Crippen LogP contribution in [0.2, 0.25) is 0 Å². The lowest BCUT2D eigenvalue weighted by Crippen LogP contribution is -2.41. The van der Waals surface area contributed by atoms with E-state index in [0.717, 1.165) is 0 Å². The molecule has 0 aromatic carbocycles. The third kappa shape index (κ3) is 2.68. The van der Waals surface area contributed by atoms with E-state index in [1.54, 1.807) is 0 Å². The van der Waals surface area contributed by atoms with Gasteiger partial charge in [-0.2, -0.15) is 0 Å². The first-order chi connectivity index (χ1) is 7.42.